The first-order chi connectivity index (χ1) is 10.9. The van der Waals surface area contributed by atoms with Gasteiger partial charge >= 0.3 is 5.69 Å². The molecule has 136 valence electrons. The van der Waals surface area contributed by atoms with E-state index in [1.165, 1.54) is 16.8 Å². The average Bonchev–Trinajstić information content (AvgIpc) is 2.76. The van der Waals surface area contributed by atoms with Gasteiger partial charge in [-0.3, -0.25) is 14.3 Å². The number of rotatable bonds is 6. The van der Waals surface area contributed by atoms with Crippen LogP contribution < -0.4 is 11.2 Å². The predicted molar refractivity (Wildman–Crippen MR) is 97.4 cm³/mol. The molecule has 3 unspecified atom stereocenters. The summed E-state index contributed by atoms with van der Waals surface area (Å²) < 4.78 is 19.7. The van der Waals surface area contributed by atoms with Gasteiger partial charge in [0.25, 0.3) is 5.56 Å². The van der Waals surface area contributed by atoms with Crippen molar-refractivity contribution in [2.45, 2.75) is 64.1 Å². The van der Waals surface area contributed by atoms with Crippen molar-refractivity contribution in [3.63, 3.8) is 0 Å². The molecule has 7 nitrogen and oxygen atoms in total. The van der Waals surface area contributed by atoms with E-state index < -0.39 is 34.1 Å². The van der Waals surface area contributed by atoms with Crippen LogP contribution in [0.15, 0.2) is 21.9 Å². The molecule has 0 aliphatic carbocycles. The Morgan fingerprint density at radius 2 is 1.88 bits per heavy atom. The number of ether oxygens (including phenoxy) is 1. The van der Waals surface area contributed by atoms with Gasteiger partial charge in [0.1, 0.15) is 12.3 Å². The van der Waals surface area contributed by atoms with Gasteiger partial charge in [0.15, 0.2) is 16.6 Å². The van der Waals surface area contributed by atoms with Crippen LogP contribution >= 0.6 is 0 Å². The lowest BCUT2D eigenvalue weighted by molar-refractivity contribution is -0.0396. The molecular weight excluding hydrogens is 344 g/mol. The lowest BCUT2D eigenvalue weighted by atomic mass is 10.2. The lowest BCUT2D eigenvalue weighted by Crippen LogP contribution is -2.40. The molecule has 2 heterocycles. The Balaban J connectivity index is 2.18. The highest BCUT2D eigenvalue weighted by Crippen LogP contribution is 2.32. The molecule has 1 aromatic heterocycles. The molecule has 1 N–H and O–H groups in total. The second-order valence-corrected chi connectivity index (χ2v) is 17.0. The van der Waals surface area contributed by atoms with E-state index >= 15 is 0 Å². The van der Waals surface area contributed by atoms with Gasteiger partial charge in [-0.05, 0) is 39.3 Å². The van der Waals surface area contributed by atoms with Crippen molar-refractivity contribution in [2.75, 3.05) is 6.61 Å². The maximum atomic E-state index is 12.0. The van der Waals surface area contributed by atoms with Crippen LogP contribution in [0.4, 0.5) is 0 Å². The van der Waals surface area contributed by atoms with Crippen LogP contribution in [0.1, 0.15) is 12.6 Å². The highest BCUT2D eigenvalue weighted by Gasteiger charge is 2.40. The van der Waals surface area contributed by atoms with E-state index in [1.54, 1.807) is 0 Å². The van der Waals surface area contributed by atoms with Gasteiger partial charge in [0, 0.05) is 18.7 Å². The first kappa shape index (κ1) is 19.3. The highest BCUT2D eigenvalue weighted by molar-refractivity contribution is 6.70. The Bertz CT molecular complexity index is 674. The third-order valence-corrected chi connectivity index (χ3v) is 5.57. The number of hydrogen-bond acceptors (Lipinski definition) is 5. The van der Waals surface area contributed by atoms with E-state index in [2.05, 4.69) is 44.3 Å². The Morgan fingerprint density at radius 1 is 1.21 bits per heavy atom. The number of aromatic nitrogens is 2. The summed E-state index contributed by atoms with van der Waals surface area (Å²) in [6.07, 6.45) is 1.25. The van der Waals surface area contributed by atoms with Crippen molar-refractivity contribution < 1.29 is 13.6 Å². The summed E-state index contributed by atoms with van der Waals surface area (Å²) in [5, 5.41) is 0. The summed E-state index contributed by atoms with van der Waals surface area (Å²) in [5.41, 5.74) is -0.881. The van der Waals surface area contributed by atoms with Crippen molar-refractivity contribution in [2.24, 2.45) is 0 Å². The zero-order chi connectivity index (χ0) is 18.1. The van der Waals surface area contributed by atoms with E-state index in [-0.39, 0.29) is 12.2 Å². The van der Waals surface area contributed by atoms with Gasteiger partial charge < -0.3 is 13.6 Å². The van der Waals surface area contributed by atoms with Crippen LogP contribution in [0.5, 0.6) is 0 Å². The molecule has 0 amide bonds. The van der Waals surface area contributed by atoms with E-state index in [0.717, 1.165) is 0 Å². The van der Waals surface area contributed by atoms with Crippen LogP contribution in [0.3, 0.4) is 0 Å². The largest absolute Gasteiger partial charge is 0.415 e. The van der Waals surface area contributed by atoms with Crippen molar-refractivity contribution in [3.05, 3.63) is 33.1 Å². The zero-order valence-electron chi connectivity index (χ0n) is 15.3. The fourth-order valence-electron chi connectivity index (χ4n) is 2.59. The van der Waals surface area contributed by atoms with Crippen molar-refractivity contribution >= 4 is 16.6 Å². The normalized spacial score (nSPS) is 25.2. The van der Waals surface area contributed by atoms with Gasteiger partial charge in [0.05, 0.1) is 12.7 Å². The monoisotopic (exact) mass is 372 g/mol. The predicted octanol–water partition coefficient (Wildman–Crippen LogP) is 1.90. The molecule has 0 radical (unpaired) electrons. The third kappa shape index (κ3) is 5.52. The Morgan fingerprint density at radius 3 is 2.42 bits per heavy atom. The molecule has 24 heavy (non-hydrogen) atoms. The summed E-state index contributed by atoms with van der Waals surface area (Å²) >= 11 is 0. The van der Waals surface area contributed by atoms with E-state index in [9.17, 15) is 9.59 Å². The molecule has 1 saturated heterocycles. The summed E-state index contributed by atoms with van der Waals surface area (Å²) in [7, 11) is -3.43. The molecule has 1 fully saturated rings. The van der Waals surface area contributed by atoms with Gasteiger partial charge in [-0.15, -0.1) is 0 Å². The second kappa shape index (κ2) is 7.08. The molecule has 1 aliphatic heterocycles. The maximum absolute atomic E-state index is 12.0. The van der Waals surface area contributed by atoms with Crippen LogP contribution in [0.25, 0.3) is 0 Å². The number of nitrogens with zero attached hydrogens (tertiary/aromatic N) is 1. The quantitative estimate of drug-likeness (QED) is 0.771. The molecule has 1 aliphatic rings. The van der Waals surface area contributed by atoms with Gasteiger partial charge in [0.2, 0.25) is 0 Å². The zero-order valence-corrected chi connectivity index (χ0v) is 17.3. The molecule has 9 heteroatoms. The lowest BCUT2D eigenvalue weighted by Gasteiger charge is -2.28. The molecular formula is C15H28N2O5Si2. The average molecular weight is 373 g/mol. The number of hydrogen-bond donors (Lipinski definition) is 1. The van der Waals surface area contributed by atoms with E-state index in [0.29, 0.717) is 13.0 Å². The summed E-state index contributed by atoms with van der Waals surface area (Å²) in [5.74, 6) is 0. The first-order valence-electron chi connectivity index (χ1n) is 8.23. The Labute approximate surface area is 144 Å². The van der Waals surface area contributed by atoms with E-state index in [4.69, 9.17) is 13.6 Å². The first-order valence-corrected chi connectivity index (χ1v) is 15.0. The molecule has 0 bridgehead atoms. The molecule has 2 rings (SSSR count). The summed E-state index contributed by atoms with van der Waals surface area (Å²) in [6, 6.07) is 1.32. The Kier molecular flexibility index (Phi) is 5.70. The van der Waals surface area contributed by atoms with Crippen LogP contribution in [-0.2, 0) is 13.6 Å². The molecule has 1 aromatic rings. The minimum Gasteiger partial charge on any atom is -0.415 e. The van der Waals surface area contributed by atoms with Crippen LogP contribution in [0.2, 0.25) is 39.3 Å². The number of H-pyrrole nitrogens is 1. The van der Waals surface area contributed by atoms with E-state index in [1.807, 2.05) is 0 Å². The molecule has 0 aromatic carbocycles. The number of nitrogens with one attached hydrogen (secondary N) is 1. The minimum atomic E-state index is -1.76. The standard InChI is InChI=1S/C15H28N2O5Si2/c1-23(2,3)20-10-12-11(22-24(4,5)6)9-14(21-12)17-8-7-13(18)16-15(17)19/h7-8,11-12,14H,9-10H2,1-6H3,(H,16,18,19). The van der Waals surface area contributed by atoms with Gasteiger partial charge in [-0.25, -0.2) is 4.79 Å². The highest BCUT2D eigenvalue weighted by atomic mass is 28.4. The number of aromatic amines is 1. The third-order valence-electron chi connectivity index (χ3n) is 3.53. The van der Waals surface area contributed by atoms with Crippen molar-refractivity contribution in [3.8, 4) is 0 Å². The van der Waals surface area contributed by atoms with Crippen molar-refractivity contribution in [1.82, 2.24) is 9.55 Å². The fourth-order valence-corrected chi connectivity index (χ4v) is 4.41. The molecule has 0 spiro atoms. The van der Waals surface area contributed by atoms with Gasteiger partial charge in [-0.2, -0.15) is 0 Å². The SMILES string of the molecule is C[Si](C)(C)OCC1OC(n2ccc(=O)[nH]c2=O)CC1O[Si](C)(C)C. The minimum absolute atomic E-state index is 0.114. The topological polar surface area (TPSA) is 82.5 Å². The second-order valence-electron chi connectivity index (χ2n) is 8.07. The van der Waals surface area contributed by atoms with Gasteiger partial charge in [-0.1, -0.05) is 0 Å². The van der Waals surface area contributed by atoms with Crippen LogP contribution in [0, 0.1) is 0 Å². The Hall–Kier alpha value is -1.01. The maximum Gasteiger partial charge on any atom is 0.330 e. The molecule has 3 atom stereocenters. The smallest absolute Gasteiger partial charge is 0.330 e. The molecule has 0 saturated carbocycles. The van der Waals surface area contributed by atoms with Crippen molar-refractivity contribution in [1.29, 1.82) is 0 Å². The summed E-state index contributed by atoms with van der Waals surface area (Å²) in [6.45, 7) is 13.2. The van der Waals surface area contributed by atoms with Crippen LogP contribution in [-0.4, -0.2) is 45.0 Å². The summed E-state index contributed by atoms with van der Waals surface area (Å²) in [4.78, 5) is 25.5. The fraction of sp³-hybridized carbons (Fsp3) is 0.733.